The zero-order valence-corrected chi connectivity index (χ0v) is 19.2. The van der Waals surface area contributed by atoms with Crippen LogP contribution in [0.1, 0.15) is 76.7 Å². The number of hydrogen-bond acceptors (Lipinski definition) is 3. The second kappa shape index (κ2) is 14.1. The average Bonchev–Trinajstić information content (AvgIpc) is 2.81. The van der Waals surface area contributed by atoms with Crippen molar-refractivity contribution >= 4 is 5.97 Å². The van der Waals surface area contributed by atoms with Gasteiger partial charge in [-0.15, -0.1) is 0 Å². The fraction of sp³-hybridized carbons (Fsp3) is 0.429. The van der Waals surface area contributed by atoms with Crippen LogP contribution in [0.4, 0.5) is 0 Å². The van der Waals surface area contributed by atoms with Crippen LogP contribution in [0, 0.1) is 11.3 Å². The largest absolute Gasteiger partial charge is 0.490 e. The van der Waals surface area contributed by atoms with Crippen LogP contribution in [0.5, 0.6) is 5.75 Å². The minimum absolute atomic E-state index is 0.0299. The molecular weight excluding hydrogens is 398 g/mol. The Kier molecular flexibility index (Phi) is 11.1. The summed E-state index contributed by atoms with van der Waals surface area (Å²) < 4.78 is 6.48. The molecule has 1 atom stereocenters. The Morgan fingerprint density at radius 2 is 1.66 bits per heavy atom. The summed E-state index contributed by atoms with van der Waals surface area (Å²) in [4.78, 5) is 11.1. The van der Waals surface area contributed by atoms with Gasteiger partial charge in [0.2, 0.25) is 0 Å². The predicted octanol–water partition coefficient (Wildman–Crippen LogP) is 7.53. The van der Waals surface area contributed by atoms with E-state index in [2.05, 4.69) is 19.6 Å². The third-order valence-corrected chi connectivity index (χ3v) is 5.69. The van der Waals surface area contributed by atoms with Crippen LogP contribution < -0.4 is 4.74 Å². The van der Waals surface area contributed by atoms with Gasteiger partial charge >= 0.3 is 5.97 Å². The Hall–Kier alpha value is -3.06. The number of hydrogen-bond donors (Lipinski definition) is 1. The monoisotopic (exact) mass is 433 g/mol. The van der Waals surface area contributed by atoms with E-state index < -0.39 is 5.97 Å². The molecule has 0 aliphatic heterocycles. The summed E-state index contributed by atoms with van der Waals surface area (Å²) in [5.74, 6) is -0.102. The summed E-state index contributed by atoms with van der Waals surface area (Å²) in [6, 6.07) is 17.6. The van der Waals surface area contributed by atoms with Crippen molar-refractivity contribution in [3.05, 3.63) is 66.2 Å². The van der Waals surface area contributed by atoms with Gasteiger partial charge in [0.25, 0.3) is 0 Å². The molecule has 0 aliphatic rings. The number of rotatable bonds is 15. The minimum atomic E-state index is -0.926. The smallest absolute Gasteiger partial charge is 0.330 e. The highest BCUT2D eigenvalue weighted by atomic mass is 16.5. The van der Waals surface area contributed by atoms with Gasteiger partial charge in [0.15, 0.2) is 0 Å². The molecule has 32 heavy (non-hydrogen) atoms. The second-order valence-electron chi connectivity index (χ2n) is 8.28. The number of nitriles is 1. The lowest BCUT2D eigenvalue weighted by molar-refractivity contribution is -0.132. The first-order valence-electron chi connectivity index (χ1n) is 11.7. The Morgan fingerprint density at radius 3 is 2.34 bits per heavy atom. The third-order valence-electron chi connectivity index (χ3n) is 5.69. The maximum Gasteiger partial charge on any atom is 0.330 e. The number of carboxylic acids is 1. The van der Waals surface area contributed by atoms with Crippen LogP contribution in [-0.4, -0.2) is 17.2 Å². The number of ether oxygens (including phenoxy) is 1. The number of aliphatic carboxylic acids is 1. The summed E-state index contributed by atoms with van der Waals surface area (Å²) in [5.41, 5.74) is 2.89. The molecule has 2 aromatic rings. The van der Waals surface area contributed by atoms with Gasteiger partial charge in [-0.1, -0.05) is 75.9 Å². The van der Waals surface area contributed by atoms with Crippen molar-refractivity contribution in [3.63, 3.8) is 0 Å². The van der Waals surface area contributed by atoms with Gasteiger partial charge in [0.1, 0.15) is 5.75 Å². The highest BCUT2D eigenvalue weighted by Gasteiger charge is 2.15. The molecular formula is C28H35NO3. The standard InChI is InChI=1S/C28H35NO3/c1-3-4-5-6-7-8-13-25(14-11-12-22(2)28(30)31)32-27-16-10-9-15-26(27)24-19-17-23(21-29)18-20-24/h9-10,15-20,25H,2-8,11-14H2,1H3,(H,30,31). The first-order valence-corrected chi connectivity index (χ1v) is 11.7. The van der Waals surface area contributed by atoms with Crippen LogP contribution in [-0.2, 0) is 4.79 Å². The van der Waals surface area contributed by atoms with Crippen LogP contribution in [0.15, 0.2) is 60.7 Å². The van der Waals surface area contributed by atoms with Gasteiger partial charge in [-0.25, -0.2) is 4.79 Å². The molecule has 0 radical (unpaired) electrons. The molecule has 0 saturated heterocycles. The average molecular weight is 434 g/mol. The fourth-order valence-corrected chi connectivity index (χ4v) is 3.78. The molecule has 0 aliphatic carbocycles. The van der Waals surface area contributed by atoms with Crippen molar-refractivity contribution in [2.75, 3.05) is 0 Å². The number of nitrogens with zero attached hydrogens (tertiary/aromatic N) is 1. The molecule has 2 aromatic carbocycles. The molecule has 4 heteroatoms. The molecule has 0 bridgehead atoms. The molecule has 1 N–H and O–H groups in total. The molecule has 2 rings (SSSR count). The normalized spacial score (nSPS) is 11.5. The minimum Gasteiger partial charge on any atom is -0.490 e. The van der Waals surface area contributed by atoms with Gasteiger partial charge in [0, 0.05) is 11.1 Å². The van der Waals surface area contributed by atoms with Gasteiger partial charge < -0.3 is 9.84 Å². The molecule has 1 unspecified atom stereocenters. The van der Waals surface area contributed by atoms with E-state index in [4.69, 9.17) is 15.1 Å². The van der Waals surface area contributed by atoms with Crippen molar-refractivity contribution in [1.82, 2.24) is 0 Å². The molecule has 0 saturated carbocycles. The Morgan fingerprint density at radius 1 is 1.00 bits per heavy atom. The summed E-state index contributed by atoms with van der Waals surface area (Å²) in [6.07, 6.45) is 10.3. The second-order valence-corrected chi connectivity index (χ2v) is 8.28. The summed E-state index contributed by atoms with van der Waals surface area (Å²) >= 11 is 0. The van der Waals surface area contributed by atoms with E-state index in [9.17, 15) is 4.79 Å². The van der Waals surface area contributed by atoms with E-state index in [0.717, 1.165) is 42.6 Å². The number of para-hydroxylation sites is 1. The van der Waals surface area contributed by atoms with Crippen molar-refractivity contribution in [3.8, 4) is 22.9 Å². The van der Waals surface area contributed by atoms with Crippen LogP contribution in [0.3, 0.4) is 0 Å². The highest BCUT2D eigenvalue weighted by Crippen LogP contribution is 2.32. The lowest BCUT2D eigenvalue weighted by Crippen LogP contribution is -2.17. The third kappa shape index (κ3) is 8.59. The van der Waals surface area contributed by atoms with E-state index in [0.29, 0.717) is 12.0 Å². The number of benzene rings is 2. The molecule has 0 heterocycles. The van der Waals surface area contributed by atoms with Gasteiger partial charge in [0.05, 0.1) is 17.7 Å². The van der Waals surface area contributed by atoms with Crippen LogP contribution in [0.2, 0.25) is 0 Å². The highest BCUT2D eigenvalue weighted by molar-refractivity contribution is 5.85. The topological polar surface area (TPSA) is 70.3 Å². The Labute approximate surface area is 192 Å². The summed E-state index contributed by atoms with van der Waals surface area (Å²) in [6.45, 7) is 5.87. The van der Waals surface area contributed by atoms with Crippen molar-refractivity contribution < 1.29 is 14.6 Å². The van der Waals surface area contributed by atoms with Crippen molar-refractivity contribution in [2.24, 2.45) is 0 Å². The maximum atomic E-state index is 11.1. The predicted molar refractivity (Wildman–Crippen MR) is 130 cm³/mol. The zero-order valence-electron chi connectivity index (χ0n) is 19.2. The van der Waals surface area contributed by atoms with Crippen LogP contribution in [0.25, 0.3) is 11.1 Å². The van der Waals surface area contributed by atoms with Crippen molar-refractivity contribution in [1.29, 1.82) is 5.26 Å². The first-order chi connectivity index (χ1) is 15.5. The number of carbonyl (C=O) groups is 1. The zero-order chi connectivity index (χ0) is 23.2. The first kappa shape index (κ1) is 25.2. The van der Waals surface area contributed by atoms with E-state index in [1.807, 2.05) is 48.5 Å². The Balaban J connectivity index is 2.06. The van der Waals surface area contributed by atoms with E-state index in [1.165, 1.54) is 32.1 Å². The number of unbranched alkanes of at least 4 members (excludes halogenated alkanes) is 5. The molecule has 0 aromatic heterocycles. The van der Waals surface area contributed by atoms with E-state index >= 15 is 0 Å². The molecule has 4 nitrogen and oxygen atoms in total. The Bertz CT molecular complexity index is 896. The summed E-state index contributed by atoms with van der Waals surface area (Å²) in [5, 5.41) is 18.1. The van der Waals surface area contributed by atoms with Crippen LogP contribution >= 0.6 is 0 Å². The quantitative estimate of drug-likeness (QED) is 0.233. The molecule has 0 amide bonds. The van der Waals surface area contributed by atoms with E-state index in [-0.39, 0.29) is 11.7 Å². The van der Waals surface area contributed by atoms with Gasteiger partial charge in [-0.2, -0.15) is 5.26 Å². The van der Waals surface area contributed by atoms with Crippen molar-refractivity contribution in [2.45, 2.75) is 77.2 Å². The lowest BCUT2D eigenvalue weighted by Gasteiger charge is -2.21. The number of carboxylic acid groups (broad SMARTS) is 1. The van der Waals surface area contributed by atoms with Gasteiger partial charge in [-0.3, -0.25) is 0 Å². The molecule has 0 fully saturated rings. The summed E-state index contributed by atoms with van der Waals surface area (Å²) in [7, 11) is 0. The maximum absolute atomic E-state index is 11.1. The van der Waals surface area contributed by atoms with Gasteiger partial charge in [-0.05, 0) is 55.9 Å². The molecule has 0 spiro atoms. The SMILES string of the molecule is C=C(CCCC(CCCCCCCC)Oc1ccccc1-c1ccc(C#N)cc1)C(=O)O. The fourth-order valence-electron chi connectivity index (χ4n) is 3.78. The van der Waals surface area contributed by atoms with E-state index in [1.54, 1.807) is 0 Å². The lowest BCUT2D eigenvalue weighted by atomic mass is 10.0. The molecule has 170 valence electrons.